The molecule has 0 radical (unpaired) electrons. The Bertz CT molecular complexity index is 560. The van der Waals surface area contributed by atoms with E-state index in [1.165, 1.54) is 12.3 Å². The molecule has 16 heavy (non-hydrogen) atoms. The first-order chi connectivity index (χ1) is 7.58. The van der Waals surface area contributed by atoms with E-state index in [0.29, 0.717) is 0 Å². The molecule has 84 valence electrons. The van der Waals surface area contributed by atoms with Gasteiger partial charge in [-0.3, -0.25) is 9.82 Å². The van der Waals surface area contributed by atoms with Gasteiger partial charge in [0.15, 0.2) is 5.03 Å². The number of pyridine rings is 1. The maximum absolute atomic E-state index is 11.7. The van der Waals surface area contributed by atoms with E-state index >= 15 is 0 Å². The zero-order chi connectivity index (χ0) is 11.6. The summed E-state index contributed by atoms with van der Waals surface area (Å²) in [6.07, 6.45) is 2.96. The van der Waals surface area contributed by atoms with Crippen molar-refractivity contribution < 1.29 is 8.42 Å². The van der Waals surface area contributed by atoms with E-state index in [1.807, 2.05) is 6.92 Å². The summed E-state index contributed by atoms with van der Waals surface area (Å²) in [5.74, 6) is 0.278. The number of nitrogens with zero attached hydrogens (tertiary/aromatic N) is 2. The number of nitrogens with one attached hydrogen (secondary N) is 2. The monoisotopic (exact) mass is 238 g/mol. The number of aromatic amines is 1. The van der Waals surface area contributed by atoms with Gasteiger partial charge in [-0.2, -0.15) is 13.5 Å². The molecule has 0 saturated carbocycles. The van der Waals surface area contributed by atoms with Crippen LogP contribution < -0.4 is 4.72 Å². The Morgan fingerprint density at radius 2 is 2.12 bits per heavy atom. The number of H-pyrrole nitrogens is 1. The van der Waals surface area contributed by atoms with E-state index in [1.54, 1.807) is 18.3 Å². The van der Waals surface area contributed by atoms with Crippen LogP contribution in [-0.4, -0.2) is 23.6 Å². The molecule has 6 nitrogen and oxygen atoms in total. The van der Waals surface area contributed by atoms with Gasteiger partial charge in [0.25, 0.3) is 10.0 Å². The first-order valence-electron chi connectivity index (χ1n) is 4.53. The molecule has 0 bridgehead atoms. The number of aryl methyl sites for hydroxylation is 1. The first kappa shape index (κ1) is 10.6. The van der Waals surface area contributed by atoms with Crippen LogP contribution in [0.4, 0.5) is 5.82 Å². The van der Waals surface area contributed by atoms with Gasteiger partial charge in [0, 0.05) is 6.20 Å². The van der Waals surface area contributed by atoms with Crippen LogP contribution in [0, 0.1) is 6.92 Å². The molecule has 0 aliphatic heterocycles. The lowest BCUT2D eigenvalue weighted by atomic mass is 10.3. The van der Waals surface area contributed by atoms with Gasteiger partial charge in [-0.05, 0) is 24.6 Å². The van der Waals surface area contributed by atoms with Crippen LogP contribution in [0.2, 0.25) is 0 Å². The summed E-state index contributed by atoms with van der Waals surface area (Å²) < 4.78 is 25.8. The van der Waals surface area contributed by atoms with Crippen molar-refractivity contribution in [2.45, 2.75) is 11.9 Å². The second-order valence-corrected chi connectivity index (χ2v) is 4.90. The van der Waals surface area contributed by atoms with Crippen LogP contribution in [0.1, 0.15) is 5.56 Å². The van der Waals surface area contributed by atoms with E-state index in [4.69, 9.17) is 0 Å². The highest BCUT2D eigenvalue weighted by atomic mass is 32.2. The Kier molecular flexibility index (Phi) is 2.61. The summed E-state index contributed by atoms with van der Waals surface area (Å²) >= 11 is 0. The van der Waals surface area contributed by atoms with Crippen molar-refractivity contribution in [2.24, 2.45) is 0 Å². The van der Waals surface area contributed by atoms with Crippen molar-refractivity contribution in [2.75, 3.05) is 4.72 Å². The highest BCUT2D eigenvalue weighted by molar-refractivity contribution is 7.92. The molecule has 0 amide bonds. The molecule has 0 unspecified atom stereocenters. The van der Waals surface area contributed by atoms with E-state index in [2.05, 4.69) is 19.9 Å². The van der Waals surface area contributed by atoms with Crippen molar-refractivity contribution in [3.8, 4) is 0 Å². The van der Waals surface area contributed by atoms with Gasteiger partial charge < -0.3 is 0 Å². The van der Waals surface area contributed by atoms with E-state index in [-0.39, 0.29) is 10.8 Å². The maximum atomic E-state index is 11.7. The predicted molar refractivity (Wildman–Crippen MR) is 58.4 cm³/mol. The molecule has 0 spiro atoms. The fourth-order valence-electron chi connectivity index (χ4n) is 1.11. The summed E-state index contributed by atoms with van der Waals surface area (Å²) in [6, 6.07) is 4.75. The van der Waals surface area contributed by atoms with E-state index in [0.717, 1.165) is 5.56 Å². The molecule has 0 saturated heterocycles. The molecule has 0 aliphatic carbocycles. The van der Waals surface area contributed by atoms with Crippen LogP contribution in [0.3, 0.4) is 0 Å². The number of sulfonamides is 1. The van der Waals surface area contributed by atoms with Crippen molar-refractivity contribution in [3.05, 3.63) is 36.2 Å². The minimum Gasteiger partial charge on any atom is -0.266 e. The van der Waals surface area contributed by atoms with Gasteiger partial charge >= 0.3 is 0 Å². The Hall–Kier alpha value is -1.89. The second kappa shape index (κ2) is 3.93. The summed E-state index contributed by atoms with van der Waals surface area (Å²) in [4.78, 5) is 3.95. The maximum Gasteiger partial charge on any atom is 0.279 e. The van der Waals surface area contributed by atoms with E-state index < -0.39 is 10.0 Å². The van der Waals surface area contributed by atoms with Gasteiger partial charge in [-0.25, -0.2) is 4.98 Å². The van der Waals surface area contributed by atoms with Gasteiger partial charge in [0.05, 0.1) is 6.20 Å². The molecule has 0 aromatic carbocycles. The molecule has 0 atom stereocenters. The first-order valence-corrected chi connectivity index (χ1v) is 6.01. The molecular formula is C9H10N4O2S. The molecule has 2 aromatic heterocycles. The van der Waals surface area contributed by atoms with E-state index in [9.17, 15) is 8.42 Å². The zero-order valence-corrected chi connectivity index (χ0v) is 9.32. The van der Waals surface area contributed by atoms with Crippen molar-refractivity contribution in [1.29, 1.82) is 0 Å². The largest absolute Gasteiger partial charge is 0.279 e. The number of anilines is 1. The molecular weight excluding hydrogens is 228 g/mol. The Morgan fingerprint density at radius 1 is 1.31 bits per heavy atom. The van der Waals surface area contributed by atoms with Crippen molar-refractivity contribution >= 4 is 15.8 Å². The minimum absolute atomic E-state index is 0.00914. The topological polar surface area (TPSA) is 87.7 Å². The lowest BCUT2D eigenvalue weighted by Gasteiger charge is -2.04. The second-order valence-electron chi connectivity index (χ2n) is 3.25. The number of hydrogen-bond acceptors (Lipinski definition) is 4. The molecule has 0 aliphatic rings. The van der Waals surface area contributed by atoms with Gasteiger partial charge in [-0.1, -0.05) is 6.07 Å². The van der Waals surface area contributed by atoms with Crippen molar-refractivity contribution in [1.82, 2.24) is 15.2 Å². The SMILES string of the molecule is Cc1ccc(NS(=O)(=O)c2ccn[nH]2)nc1. The van der Waals surface area contributed by atoms with Crippen LogP contribution in [0.25, 0.3) is 0 Å². The lowest BCUT2D eigenvalue weighted by Crippen LogP contribution is -2.14. The Labute approximate surface area is 92.8 Å². The standard InChI is InChI=1S/C9H10N4O2S/c1-7-2-3-8(10-6-7)13-16(14,15)9-4-5-11-12-9/h2-6H,1H3,(H,10,13)(H,11,12). The molecule has 2 rings (SSSR count). The molecule has 2 aromatic rings. The predicted octanol–water partition coefficient (Wildman–Crippen LogP) is 0.914. The lowest BCUT2D eigenvalue weighted by molar-refractivity contribution is 0.597. The van der Waals surface area contributed by atoms with Crippen LogP contribution in [-0.2, 0) is 10.0 Å². The summed E-state index contributed by atoms with van der Waals surface area (Å²) in [7, 11) is -3.61. The highest BCUT2D eigenvalue weighted by Gasteiger charge is 2.15. The van der Waals surface area contributed by atoms with Gasteiger partial charge in [0.2, 0.25) is 0 Å². The van der Waals surface area contributed by atoms with Crippen LogP contribution in [0.15, 0.2) is 35.6 Å². The third-order valence-electron chi connectivity index (χ3n) is 1.92. The van der Waals surface area contributed by atoms with Crippen molar-refractivity contribution in [3.63, 3.8) is 0 Å². The summed E-state index contributed by atoms with van der Waals surface area (Å²) in [5.41, 5.74) is 0.962. The normalized spacial score (nSPS) is 11.3. The third kappa shape index (κ3) is 2.19. The minimum atomic E-state index is -3.61. The fourth-order valence-corrected chi connectivity index (χ4v) is 2.03. The third-order valence-corrected chi connectivity index (χ3v) is 3.20. The van der Waals surface area contributed by atoms with Gasteiger partial charge in [0.1, 0.15) is 5.82 Å². The smallest absolute Gasteiger partial charge is 0.266 e. The van der Waals surface area contributed by atoms with Crippen LogP contribution >= 0.6 is 0 Å². The number of rotatable bonds is 3. The average molecular weight is 238 g/mol. The molecule has 0 fully saturated rings. The Morgan fingerprint density at radius 3 is 2.69 bits per heavy atom. The summed E-state index contributed by atoms with van der Waals surface area (Å²) in [6.45, 7) is 1.88. The molecule has 2 N–H and O–H groups in total. The molecule has 7 heteroatoms. The zero-order valence-electron chi connectivity index (χ0n) is 8.51. The number of aromatic nitrogens is 3. The molecule has 2 heterocycles. The van der Waals surface area contributed by atoms with Gasteiger partial charge in [-0.15, -0.1) is 0 Å². The Balaban J connectivity index is 2.25. The highest BCUT2D eigenvalue weighted by Crippen LogP contribution is 2.11. The average Bonchev–Trinajstić information content (AvgIpc) is 2.75. The number of hydrogen-bond donors (Lipinski definition) is 2. The fraction of sp³-hybridized carbons (Fsp3) is 0.111. The quantitative estimate of drug-likeness (QED) is 0.832. The van der Waals surface area contributed by atoms with Crippen LogP contribution in [0.5, 0.6) is 0 Å². The summed E-state index contributed by atoms with van der Waals surface area (Å²) in [5, 5.41) is 5.97.